The molecule has 1 saturated heterocycles. The van der Waals surface area contributed by atoms with Gasteiger partial charge in [0.15, 0.2) is 17.5 Å². The van der Waals surface area contributed by atoms with Crippen molar-refractivity contribution in [2.75, 3.05) is 53.2 Å². The zero-order valence-electron chi connectivity index (χ0n) is 16.1. The molecule has 3 N–H and O–H groups in total. The lowest BCUT2D eigenvalue weighted by Crippen LogP contribution is -2.45. The molecular formula is C19H29ClIN3O4. The number of nitrogens with one attached hydrogen (secondary N) is 2. The molecule has 0 radical (unpaired) electrons. The van der Waals surface area contributed by atoms with Crippen LogP contribution in [-0.4, -0.2) is 64.2 Å². The Morgan fingerprint density at radius 3 is 2.79 bits per heavy atom. The van der Waals surface area contributed by atoms with E-state index < -0.39 is 0 Å². The first-order valence-electron chi connectivity index (χ1n) is 9.37. The van der Waals surface area contributed by atoms with Crippen LogP contribution < -0.4 is 20.1 Å². The second-order valence-corrected chi connectivity index (χ2v) is 7.39. The molecule has 1 aromatic rings. The molecule has 0 aromatic heterocycles. The number of hydrogen-bond acceptors (Lipinski definition) is 5. The van der Waals surface area contributed by atoms with Gasteiger partial charge >= 0.3 is 0 Å². The number of aliphatic imine (C=N–C) groups is 1. The van der Waals surface area contributed by atoms with Crippen molar-refractivity contribution in [2.24, 2.45) is 10.4 Å². The third kappa shape index (κ3) is 6.01. The molecule has 0 amide bonds. The van der Waals surface area contributed by atoms with Gasteiger partial charge < -0.3 is 30.0 Å². The quantitative estimate of drug-likeness (QED) is 0.288. The van der Waals surface area contributed by atoms with Crippen LogP contribution in [0.5, 0.6) is 11.5 Å². The summed E-state index contributed by atoms with van der Waals surface area (Å²) in [5, 5.41) is 16.6. The second kappa shape index (κ2) is 11.3. The van der Waals surface area contributed by atoms with E-state index in [1.165, 1.54) is 0 Å². The van der Waals surface area contributed by atoms with Gasteiger partial charge in [-0.15, -0.1) is 24.0 Å². The van der Waals surface area contributed by atoms with Crippen molar-refractivity contribution >= 4 is 41.5 Å². The molecule has 0 aliphatic carbocycles. The Kier molecular flexibility index (Phi) is 9.39. The minimum absolute atomic E-state index is 0. The first kappa shape index (κ1) is 23.3. The van der Waals surface area contributed by atoms with E-state index >= 15 is 0 Å². The SMILES string of the molecule is CN=C(NCCc1cc(Cl)c2c(c1)OCCO2)NCC1(CCO)CCOC1.I. The predicted molar refractivity (Wildman–Crippen MR) is 120 cm³/mol. The molecule has 3 rings (SSSR count). The van der Waals surface area contributed by atoms with E-state index in [4.69, 9.17) is 25.8 Å². The summed E-state index contributed by atoms with van der Waals surface area (Å²) in [5.41, 5.74) is 1.06. The van der Waals surface area contributed by atoms with E-state index in [9.17, 15) is 5.11 Å². The first-order chi connectivity index (χ1) is 13.2. The number of hydrogen-bond donors (Lipinski definition) is 3. The molecule has 2 aliphatic rings. The van der Waals surface area contributed by atoms with Crippen molar-refractivity contribution < 1.29 is 19.3 Å². The standard InChI is InChI=1S/C19H28ClN3O4.HI/c1-21-18(23-12-19(3-6-24)4-7-25-13-19)22-5-2-14-10-15(20)17-16(11-14)26-8-9-27-17;/h10-11,24H,2-9,12-13H2,1H3,(H2,21,22,23);1H. The Hall–Kier alpha value is -0.970. The Balaban J connectivity index is 0.00000280. The van der Waals surface area contributed by atoms with Crippen LogP contribution in [0, 0.1) is 5.41 Å². The highest BCUT2D eigenvalue weighted by atomic mass is 127. The van der Waals surface area contributed by atoms with Gasteiger partial charge in [0.25, 0.3) is 0 Å². The van der Waals surface area contributed by atoms with Crippen LogP contribution in [0.2, 0.25) is 5.02 Å². The molecule has 2 heterocycles. The van der Waals surface area contributed by atoms with Gasteiger partial charge in [0.05, 0.1) is 11.6 Å². The lowest BCUT2D eigenvalue weighted by Gasteiger charge is -2.27. The molecule has 9 heteroatoms. The number of fused-ring (bicyclic) bond motifs is 1. The van der Waals surface area contributed by atoms with Crippen LogP contribution >= 0.6 is 35.6 Å². The number of ether oxygens (including phenoxy) is 3. The van der Waals surface area contributed by atoms with Crippen LogP contribution in [0.1, 0.15) is 18.4 Å². The maximum Gasteiger partial charge on any atom is 0.191 e. The molecule has 0 spiro atoms. The van der Waals surface area contributed by atoms with Crippen molar-refractivity contribution in [1.82, 2.24) is 10.6 Å². The second-order valence-electron chi connectivity index (χ2n) is 6.98. The lowest BCUT2D eigenvalue weighted by molar-refractivity contribution is 0.127. The Morgan fingerprint density at radius 1 is 1.25 bits per heavy atom. The van der Waals surface area contributed by atoms with Gasteiger partial charge in [-0.25, -0.2) is 0 Å². The number of guanidine groups is 1. The van der Waals surface area contributed by atoms with Crippen molar-refractivity contribution in [1.29, 1.82) is 0 Å². The highest BCUT2D eigenvalue weighted by molar-refractivity contribution is 14.0. The minimum Gasteiger partial charge on any atom is -0.486 e. The van der Waals surface area contributed by atoms with Crippen LogP contribution in [0.3, 0.4) is 0 Å². The Labute approximate surface area is 188 Å². The highest BCUT2D eigenvalue weighted by Crippen LogP contribution is 2.38. The maximum atomic E-state index is 9.33. The van der Waals surface area contributed by atoms with Gasteiger partial charge in [-0.05, 0) is 37.0 Å². The van der Waals surface area contributed by atoms with Crippen molar-refractivity contribution in [3.05, 3.63) is 22.7 Å². The molecule has 28 heavy (non-hydrogen) atoms. The number of aliphatic hydroxyl groups excluding tert-OH is 1. The molecule has 0 saturated carbocycles. The van der Waals surface area contributed by atoms with Crippen LogP contribution in [-0.2, 0) is 11.2 Å². The fourth-order valence-electron chi connectivity index (χ4n) is 3.44. The molecule has 1 aromatic carbocycles. The van der Waals surface area contributed by atoms with Gasteiger partial charge in [0, 0.05) is 38.8 Å². The Bertz CT molecular complexity index is 669. The third-order valence-corrected chi connectivity index (χ3v) is 5.33. The van der Waals surface area contributed by atoms with Gasteiger partial charge in [-0.1, -0.05) is 11.6 Å². The highest BCUT2D eigenvalue weighted by Gasteiger charge is 2.34. The largest absolute Gasteiger partial charge is 0.486 e. The fraction of sp³-hybridized carbons (Fsp3) is 0.632. The van der Waals surface area contributed by atoms with E-state index in [0.29, 0.717) is 42.9 Å². The zero-order valence-corrected chi connectivity index (χ0v) is 19.2. The summed E-state index contributed by atoms with van der Waals surface area (Å²) in [6, 6.07) is 3.89. The summed E-state index contributed by atoms with van der Waals surface area (Å²) in [4.78, 5) is 4.28. The van der Waals surface area contributed by atoms with Crippen LogP contribution in [0.15, 0.2) is 17.1 Å². The average Bonchev–Trinajstić information content (AvgIpc) is 3.13. The maximum absolute atomic E-state index is 9.33. The fourth-order valence-corrected chi connectivity index (χ4v) is 3.73. The molecule has 2 aliphatic heterocycles. The summed E-state index contributed by atoms with van der Waals surface area (Å²) in [6.07, 6.45) is 2.46. The van der Waals surface area contributed by atoms with Gasteiger partial charge in [-0.2, -0.15) is 0 Å². The van der Waals surface area contributed by atoms with E-state index in [1.807, 2.05) is 12.1 Å². The number of benzene rings is 1. The number of rotatable bonds is 7. The summed E-state index contributed by atoms with van der Waals surface area (Å²) < 4.78 is 16.7. The van der Waals surface area contributed by atoms with Crippen molar-refractivity contribution in [2.45, 2.75) is 19.3 Å². The minimum atomic E-state index is -0.0181. The molecule has 158 valence electrons. The molecular weight excluding hydrogens is 497 g/mol. The van der Waals surface area contributed by atoms with Crippen LogP contribution in [0.25, 0.3) is 0 Å². The molecule has 1 unspecified atom stereocenters. The molecule has 1 atom stereocenters. The molecule has 1 fully saturated rings. The van der Waals surface area contributed by atoms with E-state index in [2.05, 4.69) is 15.6 Å². The Morgan fingerprint density at radius 2 is 2.07 bits per heavy atom. The van der Waals surface area contributed by atoms with E-state index in [-0.39, 0.29) is 36.0 Å². The van der Waals surface area contributed by atoms with E-state index in [1.54, 1.807) is 7.05 Å². The first-order valence-corrected chi connectivity index (χ1v) is 9.75. The number of halogens is 2. The third-order valence-electron chi connectivity index (χ3n) is 5.04. The summed E-state index contributed by atoms with van der Waals surface area (Å²) in [6.45, 7) is 4.09. The predicted octanol–water partition coefficient (Wildman–Crippen LogP) is 2.23. The monoisotopic (exact) mass is 525 g/mol. The zero-order chi connectivity index (χ0) is 19.1. The smallest absolute Gasteiger partial charge is 0.191 e. The molecule has 7 nitrogen and oxygen atoms in total. The van der Waals surface area contributed by atoms with Crippen LogP contribution in [0.4, 0.5) is 0 Å². The lowest BCUT2D eigenvalue weighted by atomic mass is 9.84. The van der Waals surface area contributed by atoms with Gasteiger partial charge in [0.1, 0.15) is 13.2 Å². The van der Waals surface area contributed by atoms with Gasteiger partial charge in [0.2, 0.25) is 0 Å². The van der Waals surface area contributed by atoms with Crippen molar-refractivity contribution in [3.8, 4) is 11.5 Å². The number of aliphatic hydroxyl groups is 1. The van der Waals surface area contributed by atoms with E-state index in [0.717, 1.165) is 43.9 Å². The summed E-state index contributed by atoms with van der Waals surface area (Å²) >= 11 is 6.29. The summed E-state index contributed by atoms with van der Waals surface area (Å²) in [5.74, 6) is 2.08. The van der Waals surface area contributed by atoms with Gasteiger partial charge in [-0.3, -0.25) is 4.99 Å². The normalized spacial score (nSPS) is 21.2. The number of nitrogens with zero attached hydrogens (tertiary/aromatic N) is 1. The average molecular weight is 526 g/mol. The van der Waals surface area contributed by atoms with Crippen molar-refractivity contribution in [3.63, 3.8) is 0 Å². The topological polar surface area (TPSA) is 84.3 Å². The summed E-state index contributed by atoms with van der Waals surface area (Å²) in [7, 11) is 1.75. The molecule has 0 bridgehead atoms.